The van der Waals surface area contributed by atoms with Crippen LogP contribution in [0.25, 0.3) is 0 Å². The quantitative estimate of drug-likeness (QED) is 0.788. The lowest BCUT2D eigenvalue weighted by atomic mass is 10.0. The molecule has 1 unspecified atom stereocenters. The number of hydrogen-bond acceptors (Lipinski definition) is 5. The van der Waals surface area contributed by atoms with Gasteiger partial charge in [0, 0.05) is 25.4 Å². The summed E-state index contributed by atoms with van der Waals surface area (Å²) in [6.45, 7) is 4.06. The number of ether oxygens (including phenoxy) is 2. The summed E-state index contributed by atoms with van der Waals surface area (Å²) < 4.78 is 11.7. The van der Waals surface area contributed by atoms with Crippen LogP contribution < -0.4 is 0 Å². The maximum atomic E-state index is 5.87. The molecule has 1 spiro atoms. The molecular weight excluding hydrogens is 230 g/mol. The third-order valence-corrected chi connectivity index (χ3v) is 3.54. The average molecular weight is 249 g/mol. The van der Waals surface area contributed by atoms with Gasteiger partial charge in [-0.05, 0) is 18.9 Å². The predicted molar refractivity (Wildman–Crippen MR) is 65.8 cm³/mol. The van der Waals surface area contributed by atoms with Gasteiger partial charge in [0.05, 0.1) is 26.3 Å². The van der Waals surface area contributed by atoms with E-state index in [-0.39, 0.29) is 5.79 Å². The topological polar surface area (TPSA) is 47.5 Å². The van der Waals surface area contributed by atoms with Crippen molar-refractivity contribution in [2.75, 3.05) is 26.3 Å². The summed E-state index contributed by atoms with van der Waals surface area (Å²) in [4.78, 5) is 10.9. The molecule has 2 aliphatic heterocycles. The fraction of sp³-hybridized carbons (Fsp3) is 0.692. The summed E-state index contributed by atoms with van der Waals surface area (Å²) in [6, 6.07) is 1.84. The zero-order valence-electron chi connectivity index (χ0n) is 10.5. The fourth-order valence-corrected chi connectivity index (χ4v) is 2.64. The number of nitrogens with zero attached hydrogens (tertiary/aromatic N) is 3. The molecule has 0 amide bonds. The molecule has 2 fully saturated rings. The van der Waals surface area contributed by atoms with Gasteiger partial charge in [-0.25, -0.2) is 9.97 Å². The van der Waals surface area contributed by atoms with Crippen molar-refractivity contribution in [3.05, 3.63) is 24.3 Å². The summed E-state index contributed by atoms with van der Waals surface area (Å²) in [5.74, 6) is 0.496. The Morgan fingerprint density at radius 3 is 2.78 bits per heavy atom. The minimum atomic E-state index is -0.370. The van der Waals surface area contributed by atoms with Crippen molar-refractivity contribution in [3.8, 4) is 0 Å². The minimum absolute atomic E-state index is 0.370. The number of morpholine rings is 1. The highest BCUT2D eigenvalue weighted by Gasteiger charge is 2.39. The van der Waals surface area contributed by atoms with Crippen LogP contribution in [-0.4, -0.2) is 47.0 Å². The van der Waals surface area contributed by atoms with E-state index in [2.05, 4.69) is 14.9 Å². The van der Waals surface area contributed by atoms with Crippen LogP contribution in [0.5, 0.6) is 0 Å². The summed E-state index contributed by atoms with van der Waals surface area (Å²) in [5, 5.41) is 0. The Morgan fingerprint density at radius 2 is 2.00 bits per heavy atom. The van der Waals surface area contributed by atoms with Gasteiger partial charge in [-0.1, -0.05) is 0 Å². The predicted octanol–water partition coefficient (Wildman–Crippen LogP) is 1.21. The smallest absolute Gasteiger partial charge is 0.181 e. The Morgan fingerprint density at radius 1 is 1.17 bits per heavy atom. The van der Waals surface area contributed by atoms with Crippen LogP contribution in [-0.2, 0) is 16.0 Å². The third-order valence-electron chi connectivity index (χ3n) is 3.54. The third kappa shape index (κ3) is 2.68. The molecule has 1 aromatic heterocycles. The molecule has 3 rings (SSSR count). The monoisotopic (exact) mass is 249 g/mol. The molecule has 98 valence electrons. The zero-order chi connectivity index (χ0) is 12.3. The van der Waals surface area contributed by atoms with Crippen LogP contribution >= 0.6 is 0 Å². The maximum absolute atomic E-state index is 5.87. The highest BCUT2D eigenvalue weighted by Crippen LogP contribution is 2.30. The first-order chi connectivity index (χ1) is 8.86. The molecule has 1 atom stereocenters. The second-order valence-corrected chi connectivity index (χ2v) is 4.94. The van der Waals surface area contributed by atoms with Crippen LogP contribution in [0, 0.1) is 0 Å². The normalized spacial score (nSPS) is 29.6. The van der Waals surface area contributed by atoms with Gasteiger partial charge in [0.1, 0.15) is 5.82 Å². The lowest BCUT2D eigenvalue weighted by molar-refractivity contribution is -0.283. The first-order valence-corrected chi connectivity index (χ1v) is 6.63. The van der Waals surface area contributed by atoms with Gasteiger partial charge < -0.3 is 9.47 Å². The molecule has 0 radical (unpaired) electrons. The van der Waals surface area contributed by atoms with Crippen molar-refractivity contribution in [2.24, 2.45) is 0 Å². The molecule has 1 aromatic rings. The van der Waals surface area contributed by atoms with E-state index in [1.165, 1.54) is 6.42 Å². The van der Waals surface area contributed by atoms with E-state index in [4.69, 9.17) is 9.47 Å². The van der Waals surface area contributed by atoms with Crippen LogP contribution in [0.3, 0.4) is 0 Å². The molecule has 2 aliphatic rings. The fourth-order valence-electron chi connectivity index (χ4n) is 2.64. The molecule has 5 nitrogen and oxygen atoms in total. The second kappa shape index (κ2) is 5.30. The van der Waals surface area contributed by atoms with E-state index in [0.717, 1.165) is 51.5 Å². The van der Waals surface area contributed by atoms with E-state index in [1.54, 1.807) is 12.4 Å². The Hall–Kier alpha value is -1.04. The highest BCUT2D eigenvalue weighted by molar-refractivity contribution is 4.90. The van der Waals surface area contributed by atoms with Gasteiger partial charge >= 0.3 is 0 Å². The molecule has 0 N–H and O–H groups in total. The Balaban J connectivity index is 1.63. The Labute approximate surface area is 107 Å². The van der Waals surface area contributed by atoms with Gasteiger partial charge in [0.25, 0.3) is 0 Å². The Kier molecular flexibility index (Phi) is 3.54. The van der Waals surface area contributed by atoms with Crippen LogP contribution in [0.15, 0.2) is 18.5 Å². The summed E-state index contributed by atoms with van der Waals surface area (Å²) in [5.41, 5.74) is 0. The molecule has 0 saturated carbocycles. The van der Waals surface area contributed by atoms with Crippen LogP contribution in [0.1, 0.15) is 25.1 Å². The van der Waals surface area contributed by atoms with Crippen molar-refractivity contribution in [1.82, 2.24) is 14.9 Å². The van der Waals surface area contributed by atoms with Crippen molar-refractivity contribution in [2.45, 2.75) is 31.6 Å². The molecule has 18 heavy (non-hydrogen) atoms. The molecule has 0 aromatic carbocycles. The summed E-state index contributed by atoms with van der Waals surface area (Å²) >= 11 is 0. The van der Waals surface area contributed by atoms with Gasteiger partial charge in [-0.3, -0.25) is 4.90 Å². The first-order valence-electron chi connectivity index (χ1n) is 6.63. The van der Waals surface area contributed by atoms with E-state index < -0.39 is 0 Å². The van der Waals surface area contributed by atoms with Crippen molar-refractivity contribution >= 4 is 0 Å². The first kappa shape index (κ1) is 12.0. The molecule has 0 aliphatic carbocycles. The highest BCUT2D eigenvalue weighted by atomic mass is 16.7. The van der Waals surface area contributed by atoms with Crippen LogP contribution in [0.2, 0.25) is 0 Å². The van der Waals surface area contributed by atoms with Gasteiger partial charge in [0.15, 0.2) is 5.79 Å². The molecule has 5 heteroatoms. The summed E-state index contributed by atoms with van der Waals surface area (Å²) in [6.07, 6.45) is 6.91. The second-order valence-electron chi connectivity index (χ2n) is 4.94. The maximum Gasteiger partial charge on any atom is 0.181 e. The van der Waals surface area contributed by atoms with E-state index >= 15 is 0 Å². The largest absolute Gasteiger partial charge is 0.349 e. The molecule has 2 saturated heterocycles. The zero-order valence-corrected chi connectivity index (χ0v) is 10.5. The Bertz CT molecular complexity index is 374. The van der Waals surface area contributed by atoms with E-state index in [1.807, 2.05) is 6.07 Å². The average Bonchev–Trinajstić information content (AvgIpc) is 2.41. The van der Waals surface area contributed by atoms with Crippen molar-refractivity contribution in [1.29, 1.82) is 0 Å². The molecule has 3 heterocycles. The molecule has 0 bridgehead atoms. The lowest BCUT2D eigenvalue weighted by Gasteiger charge is -2.44. The van der Waals surface area contributed by atoms with Gasteiger partial charge in [-0.15, -0.1) is 0 Å². The van der Waals surface area contributed by atoms with Crippen LogP contribution in [0.4, 0.5) is 0 Å². The SMILES string of the molecule is c1cnc(CN2CCOC3(CCCCO3)C2)nc1. The van der Waals surface area contributed by atoms with Gasteiger partial charge in [0.2, 0.25) is 0 Å². The van der Waals surface area contributed by atoms with Crippen molar-refractivity contribution < 1.29 is 9.47 Å². The number of aromatic nitrogens is 2. The minimum Gasteiger partial charge on any atom is -0.349 e. The van der Waals surface area contributed by atoms with Crippen molar-refractivity contribution in [3.63, 3.8) is 0 Å². The van der Waals surface area contributed by atoms with E-state index in [0.29, 0.717) is 0 Å². The number of rotatable bonds is 2. The van der Waals surface area contributed by atoms with E-state index in [9.17, 15) is 0 Å². The summed E-state index contributed by atoms with van der Waals surface area (Å²) in [7, 11) is 0. The molecular formula is C13H19N3O2. The lowest BCUT2D eigenvalue weighted by Crippen LogP contribution is -2.54. The van der Waals surface area contributed by atoms with Gasteiger partial charge in [-0.2, -0.15) is 0 Å². The standard InChI is InChI=1S/C13H19N3O2/c1-2-8-17-13(4-1)11-16(7-9-18-13)10-12-14-5-3-6-15-12/h3,5-6H,1-2,4,7-11H2. The number of hydrogen-bond donors (Lipinski definition) is 0.